The maximum atomic E-state index is 14.6. The van der Waals surface area contributed by atoms with Crippen LogP contribution in [0.25, 0.3) is 0 Å². The molecule has 0 aliphatic heterocycles. The van der Waals surface area contributed by atoms with Crippen LogP contribution in [0.5, 0.6) is 0 Å². The van der Waals surface area contributed by atoms with Crippen LogP contribution in [0.2, 0.25) is 0 Å². The molecular weight excluding hydrogens is 247 g/mol. The first kappa shape index (κ1) is 11.8. The minimum Gasteiger partial charge on any atom is -0.469 e. The Morgan fingerprint density at radius 1 is 0.842 bits per heavy atom. The molecule has 0 saturated heterocycles. The molecule has 3 rings (SSSR count). The summed E-state index contributed by atoms with van der Waals surface area (Å²) in [7, 11) is 0. The Labute approximate surface area is 109 Å². The van der Waals surface area contributed by atoms with Gasteiger partial charge in [0.25, 0.3) is 0 Å². The summed E-state index contributed by atoms with van der Waals surface area (Å²) >= 11 is 0. The Kier molecular flexibility index (Phi) is 3.23. The van der Waals surface area contributed by atoms with Crippen molar-refractivity contribution >= 4 is 0 Å². The molecule has 0 aromatic carbocycles. The highest BCUT2D eigenvalue weighted by atomic mass is 19.1. The van der Waals surface area contributed by atoms with E-state index in [0.717, 1.165) is 5.76 Å². The number of rotatable bonds is 5. The van der Waals surface area contributed by atoms with Crippen molar-refractivity contribution in [2.45, 2.75) is 18.5 Å². The Bertz CT molecular complexity index is 581. The van der Waals surface area contributed by atoms with Crippen molar-refractivity contribution in [3.63, 3.8) is 0 Å². The SMILES string of the molecule is FC(c1ccco1)C(Cc1ccco1)c1ccco1. The van der Waals surface area contributed by atoms with Crippen molar-refractivity contribution in [2.75, 3.05) is 0 Å². The quantitative estimate of drug-likeness (QED) is 0.677. The van der Waals surface area contributed by atoms with Crippen LogP contribution in [0.3, 0.4) is 0 Å². The van der Waals surface area contributed by atoms with Gasteiger partial charge in [-0.05, 0) is 36.4 Å². The number of hydrogen-bond acceptors (Lipinski definition) is 3. The standard InChI is InChI=1S/C15H13FO3/c16-15(14-6-3-9-19-14)12(13-5-2-8-18-13)10-11-4-1-7-17-11/h1-9,12,15H,10H2. The lowest BCUT2D eigenvalue weighted by atomic mass is 9.94. The largest absolute Gasteiger partial charge is 0.469 e. The fourth-order valence-corrected chi connectivity index (χ4v) is 2.14. The average molecular weight is 260 g/mol. The van der Waals surface area contributed by atoms with Gasteiger partial charge in [-0.15, -0.1) is 0 Å². The highest BCUT2D eigenvalue weighted by Crippen LogP contribution is 2.37. The van der Waals surface area contributed by atoms with Gasteiger partial charge in [0.1, 0.15) is 17.3 Å². The van der Waals surface area contributed by atoms with E-state index in [2.05, 4.69) is 0 Å². The van der Waals surface area contributed by atoms with Gasteiger partial charge in [-0.2, -0.15) is 0 Å². The molecule has 3 nitrogen and oxygen atoms in total. The van der Waals surface area contributed by atoms with E-state index in [1.807, 2.05) is 6.07 Å². The summed E-state index contributed by atoms with van der Waals surface area (Å²) in [6.45, 7) is 0. The van der Waals surface area contributed by atoms with Crippen molar-refractivity contribution < 1.29 is 17.6 Å². The van der Waals surface area contributed by atoms with Gasteiger partial charge in [-0.1, -0.05) is 0 Å². The second-order valence-electron chi connectivity index (χ2n) is 4.32. The zero-order valence-electron chi connectivity index (χ0n) is 10.2. The van der Waals surface area contributed by atoms with E-state index in [1.165, 1.54) is 6.26 Å². The number of halogens is 1. The molecule has 19 heavy (non-hydrogen) atoms. The summed E-state index contributed by atoms with van der Waals surface area (Å²) in [6.07, 6.45) is 3.73. The van der Waals surface area contributed by atoms with E-state index in [-0.39, 0.29) is 0 Å². The molecule has 2 unspecified atom stereocenters. The smallest absolute Gasteiger partial charge is 0.168 e. The average Bonchev–Trinajstić information content (AvgIpc) is 3.15. The molecule has 0 aliphatic rings. The van der Waals surface area contributed by atoms with Crippen LogP contribution in [0, 0.1) is 0 Å². The highest BCUT2D eigenvalue weighted by Gasteiger charge is 2.30. The molecule has 0 spiro atoms. The molecule has 0 N–H and O–H groups in total. The summed E-state index contributed by atoms with van der Waals surface area (Å²) in [5.74, 6) is 1.14. The van der Waals surface area contributed by atoms with Crippen LogP contribution in [-0.2, 0) is 6.42 Å². The fraction of sp³-hybridized carbons (Fsp3) is 0.200. The molecule has 0 fully saturated rings. The molecule has 3 aromatic rings. The summed E-state index contributed by atoms with van der Waals surface area (Å²) in [4.78, 5) is 0. The van der Waals surface area contributed by atoms with Gasteiger partial charge in [0.15, 0.2) is 6.17 Å². The molecule has 4 heteroatoms. The molecule has 0 amide bonds. The van der Waals surface area contributed by atoms with Crippen LogP contribution in [-0.4, -0.2) is 0 Å². The summed E-state index contributed by atoms with van der Waals surface area (Å²) in [5, 5.41) is 0. The molecule has 0 radical (unpaired) electrons. The van der Waals surface area contributed by atoms with E-state index in [9.17, 15) is 4.39 Å². The predicted molar refractivity (Wildman–Crippen MR) is 66.4 cm³/mol. The minimum absolute atomic E-state index is 0.299. The van der Waals surface area contributed by atoms with Crippen molar-refractivity contribution in [2.24, 2.45) is 0 Å². The van der Waals surface area contributed by atoms with Gasteiger partial charge in [-0.25, -0.2) is 4.39 Å². The zero-order chi connectivity index (χ0) is 13.1. The lowest BCUT2D eigenvalue weighted by Crippen LogP contribution is -2.09. The molecule has 0 bridgehead atoms. The summed E-state index contributed by atoms with van der Waals surface area (Å²) < 4.78 is 30.4. The van der Waals surface area contributed by atoms with Crippen LogP contribution in [0.4, 0.5) is 4.39 Å². The third-order valence-corrected chi connectivity index (χ3v) is 3.08. The van der Waals surface area contributed by atoms with Gasteiger partial charge in [0.2, 0.25) is 0 Å². The molecule has 0 aliphatic carbocycles. The molecule has 2 atom stereocenters. The van der Waals surface area contributed by atoms with E-state index in [0.29, 0.717) is 17.9 Å². The van der Waals surface area contributed by atoms with Crippen molar-refractivity contribution in [1.29, 1.82) is 0 Å². The lowest BCUT2D eigenvalue weighted by Gasteiger charge is -2.16. The first-order valence-electron chi connectivity index (χ1n) is 6.08. The Hall–Kier alpha value is -2.23. The first-order chi connectivity index (χ1) is 9.34. The molecular formula is C15H13FO3. The monoisotopic (exact) mass is 260 g/mol. The Balaban J connectivity index is 1.88. The third kappa shape index (κ3) is 2.47. The number of alkyl halides is 1. The van der Waals surface area contributed by atoms with Crippen LogP contribution in [0.15, 0.2) is 68.4 Å². The van der Waals surface area contributed by atoms with E-state index < -0.39 is 12.1 Å². The predicted octanol–water partition coefficient (Wildman–Crippen LogP) is 4.50. The van der Waals surface area contributed by atoms with Gasteiger partial charge < -0.3 is 13.3 Å². The summed E-state index contributed by atoms with van der Waals surface area (Å²) in [6, 6.07) is 10.4. The maximum Gasteiger partial charge on any atom is 0.168 e. The van der Waals surface area contributed by atoms with E-state index in [4.69, 9.17) is 13.3 Å². The maximum absolute atomic E-state index is 14.6. The molecule has 0 saturated carbocycles. The Morgan fingerprint density at radius 3 is 2.05 bits per heavy atom. The van der Waals surface area contributed by atoms with Gasteiger partial charge >= 0.3 is 0 Å². The topological polar surface area (TPSA) is 39.4 Å². The molecule has 98 valence electrons. The third-order valence-electron chi connectivity index (χ3n) is 3.08. The Morgan fingerprint density at radius 2 is 1.47 bits per heavy atom. The van der Waals surface area contributed by atoms with E-state index in [1.54, 1.807) is 42.9 Å². The van der Waals surface area contributed by atoms with Crippen molar-refractivity contribution in [1.82, 2.24) is 0 Å². The number of hydrogen-bond donors (Lipinski definition) is 0. The highest BCUT2D eigenvalue weighted by molar-refractivity contribution is 5.17. The normalized spacial score (nSPS) is 14.4. The number of furan rings is 3. The van der Waals surface area contributed by atoms with Crippen LogP contribution < -0.4 is 0 Å². The van der Waals surface area contributed by atoms with Crippen LogP contribution >= 0.6 is 0 Å². The second-order valence-corrected chi connectivity index (χ2v) is 4.32. The second kappa shape index (κ2) is 5.18. The van der Waals surface area contributed by atoms with Crippen molar-refractivity contribution in [3.8, 4) is 0 Å². The molecule has 3 aromatic heterocycles. The van der Waals surface area contributed by atoms with Gasteiger partial charge in [0, 0.05) is 6.42 Å². The zero-order valence-corrected chi connectivity index (χ0v) is 10.2. The fourth-order valence-electron chi connectivity index (χ4n) is 2.14. The van der Waals surface area contributed by atoms with Gasteiger partial charge in [0.05, 0.1) is 24.7 Å². The van der Waals surface area contributed by atoms with Crippen LogP contribution in [0.1, 0.15) is 29.4 Å². The minimum atomic E-state index is -1.27. The van der Waals surface area contributed by atoms with Crippen molar-refractivity contribution in [3.05, 3.63) is 72.5 Å². The lowest BCUT2D eigenvalue weighted by molar-refractivity contribution is 0.217. The van der Waals surface area contributed by atoms with E-state index >= 15 is 0 Å². The first-order valence-corrected chi connectivity index (χ1v) is 6.08. The molecule has 3 heterocycles. The van der Waals surface area contributed by atoms with Gasteiger partial charge in [-0.3, -0.25) is 0 Å². The summed E-state index contributed by atoms with van der Waals surface area (Å²) in [5.41, 5.74) is 0.